The van der Waals surface area contributed by atoms with Gasteiger partial charge in [-0.3, -0.25) is 0 Å². The number of halogens is 1. The standard InChI is InChI=1S/C13H22ClN3O2/c1-10(2)8-19-6-4-5-15-12-7-11(14)16-13(17-12)9-18-3/h7,10H,4-6,8-9H2,1-3H3,(H,15,16,17). The van der Waals surface area contributed by atoms with E-state index in [4.69, 9.17) is 21.1 Å². The summed E-state index contributed by atoms with van der Waals surface area (Å²) in [5.74, 6) is 1.87. The highest BCUT2D eigenvalue weighted by atomic mass is 35.5. The lowest BCUT2D eigenvalue weighted by Gasteiger charge is -2.09. The van der Waals surface area contributed by atoms with E-state index >= 15 is 0 Å². The Kier molecular flexibility index (Phi) is 7.70. The largest absolute Gasteiger partial charge is 0.381 e. The molecule has 1 aromatic rings. The van der Waals surface area contributed by atoms with Crippen LogP contribution in [0.1, 0.15) is 26.1 Å². The second-order valence-electron chi connectivity index (χ2n) is 4.67. The first-order chi connectivity index (χ1) is 9.11. The summed E-state index contributed by atoms with van der Waals surface area (Å²) in [7, 11) is 1.60. The highest BCUT2D eigenvalue weighted by Crippen LogP contribution is 2.12. The normalized spacial score (nSPS) is 11.0. The first-order valence-corrected chi connectivity index (χ1v) is 6.83. The number of methoxy groups -OCH3 is 1. The van der Waals surface area contributed by atoms with Crippen LogP contribution in [0.2, 0.25) is 5.15 Å². The maximum absolute atomic E-state index is 5.91. The van der Waals surface area contributed by atoms with Crippen molar-refractivity contribution < 1.29 is 9.47 Å². The van der Waals surface area contributed by atoms with Crippen molar-refractivity contribution in [3.05, 3.63) is 17.0 Å². The molecule has 0 atom stereocenters. The van der Waals surface area contributed by atoms with E-state index in [0.29, 0.717) is 23.5 Å². The molecule has 0 amide bonds. The van der Waals surface area contributed by atoms with E-state index in [0.717, 1.165) is 32.0 Å². The molecule has 0 fully saturated rings. The van der Waals surface area contributed by atoms with Crippen LogP contribution < -0.4 is 5.32 Å². The maximum atomic E-state index is 5.91. The fourth-order valence-electron chi connectivity index (χ4n) is 1.46. The van der Waals surface area contributed by atoms with Crippen molar-refractivity contribution in [2.45, 2.75) is 26.9 Å². The molecule has 0 aliphatic carbocycles. The molecule has 19 heavy (non-hydrogen) atoms. The van der Waals surface area contributed by atoms with E-state index in [-0.39, 0.29) is 0 Å². The SMILES string of the molecule is COCc1nc(Cl)cc(NCCCOCC(C)C)n1. The number of aromatic nitrogens is 2. The van der Waals surface area contributed by atoms with Crippen LogP contribution in [0.25, 0.3) is 0 Å². The van der Waals surface area contributed by atoms with Crippen molar-refractivity contribution in [3.8, 4) is 0 Å². The molecule has 6 heteroatoms. The molecule has 0 saturated heterocycles. The Balaban J connectivity index is 2.28. The molecule has 0 unspecified atom stereocenters. The second-order valence-corrected chi connectivity index (χ2v) is 5.06. The third kappa shape index (κ3) is 7.30. The van der Waals surface area contributed by atoms with Crippen LogP contribution in [0.5, 0.6) is 0 Å². The number of rotatable bonds is 9. The maximum Gasteiger partial charge on any atom is 0.158 e. The van der Waals surface area contributed by atoms with Crippen LogP contribution in [0.4, 0.5) is 5.82 Å². The highest BCUT2D eigenvalue weighted by molar-refractivity contribution is 6.29. The molecule has 1 aromatic heterocycles. The average Bonchev–Trinajstić information content (AvgIpc) is 2.33. The van der Waals surface area contributed by atoms with Crippen LogP contribution in [-0.2, 0) is 16.1 Å². The lowest BCUT2D eigenvalue weighted by Crippen LogP contribution is -2.10. The molecule has 0 radical (unpaired) electrons. The molecular formula is C13H22ClN3O2. The van der Waals surface area contributed by atoms with Gasteiger partial charge in [-0.2, -0.15) is 0 Å². The molecule has 1 heterocycles. The van der Waals surface area contributed by atoms with E-state index in [1.807, 2.05) is 0 Å². The van der Waals surface area contributed by atoms with Gasteiger partial charge in [-0.15, -0.1) is 0 Å². The first kappa shape index (κ1) is 16.1. The number of hydrogen-bond donors (Lipinski definition) is 1. The van der Waals surface area contributed by atoms with Crippen molar-refractivity contribution in [2.24, 2.45) is 5.92 Å². The lowest BCUT2D eigenvalue weighted by molar-refractivity contribution is 0.110. The van der Waals surface area contributed by atoms with E-state index in [1.54, 1.807) is 13.2 Å². The molecule has 0 bridgehead atoms. The van der Waals surface area contributed by atoms with Gasteiger partial charge in [-0.25, -0.2) is 9.97 Å². The predicted molar refractivity (Wildman–Crippen MR) is 76.5 cm³/mol. The van der Waals surface area contributed by atoms with Crippen molar-refractivity contribution in [3.63, 3.8) is 0 Å². The zero-order valence-electron chi connectivity index (χ0n) is 11.8. The molecule has 0 saturated carbocycles. The Morgan fingerprint density at radius 2 is 2.16 bits per heavy atom. The Morgan fingerprint density at radius 1 is 1.37 bits per heavy atom. The minimum Gasteiger partial charge on any atom is -0.381 e. The summed E-state index contributed by atoms with van der Waals surface area (Å²) < 4.78 is 10.5. The van der Waals surface area contributed by atoms with E-state index < -0.39 is 0 Å². The Hall–Kier alpha value is -0.910. The lowest BCUT2D eigenvalue weighted by atomic mass is 10.2. The van der Waals surface area contributed by atoms with Gasteiger partial charge in [0.15, 0.2) is 5.82 Å². The van der Waals surface area contributed by atoms with E-state index in [2.05, 4.69) is 29.1 Å². The Bertz CT molecular complexity index is 375. The highest BCUT2D eigenvalue weighted by Gasteiger charge is 2.02. The zero-order chi connectivity index (χ0) is 14.1. The van der Waals surface area contributed by atoms with Crippen LogP contribution in [0.3, 0.4) is 0 Å². The third-order valence-electron chi connectivity index (χ3n) is 2.24. The summed E-state index contributed by atoms with van der Waals surface area (Å²) in [5, 5.41) is 3.62. The molecule has 0 aliphatic rings. The van der Waals surface area contributed by atoms with Crippen LogP contribution in [0, 0.1) is 5.92 Å². The number of ether oxygens (including phenoxy) is 2. The molecule has 0 spiro atoms. The van der Waals surface area contributed by atoms with Crippen molar-refractivity contribution in [1.82, 2.24) is 9.97 Å². The van der Waals surface area contributed by atoms with Crippen molar-refractivity contribution >= 4 is 17.4 Å². The minimum absolute atomic E-state index is 0.354. The van der Waals surface area contributed by atoms with Crippen LogP contribution in [-0.4, -0.2) is 36.8 Å². The Labute approximate surface area is 119 Å². The monoisotopic (exact) mass is 287 g/mol. The summed E-state index contributed by atoms with van der Waals surface area (Å²) >= 11 is 5.91. The van der Waals surface area contributed by atoms with Crippen LogP contribution >= 0.6 is 11.6 Å². The molecule has 0 aromatic carbocycles. The molecule has 1 N–H and O–H groups in total. The van der Waals surface area contributed by atoms with Gasteiger partial charge in [0.05, 0.1) is 0 Å². The summed E-state index contributed by atoms with van der Waals surface area (Å²) in [6.07, 6.45) is 0.925. The van der Waals surface area contributed by atoms with Gasteiger partial charge in [-0.05, 0) is 12.3 Å². The summed E-state index contributed by atoms with van der Waals surface area (Å²) in [6, 6.07) is 1.70. The topological polar surface area (TPSA) is 56.3 Å². The first-order valence-electron chi connectivity index (χ1n) is 6.46. The fraction of sp³-hybridized carbons (Fsp3) is 0.692. The second kappa shape index (κ2) is 9.07. The van der Waals surface area contributed by atoms with Crippen molar-refractivity contribution in [2.75, 3.05) is 32.2 Å². The predicted octanol–water partition coefficient (Wildman–Crippen LogP) is 2.75. The molecule has 0 aliphatic heterocycles. The number of anilines is 1. The number of hydrogen-bond acceptors (Lipinski definition) is 5. The summed E-state index contributed by atoms with van der Waals surface area (Å²) in [4.78, 5) is 8.36. The minimum atomic E-state index is 0.354. The molecule has 1 rings (SSSR count). The van der Waals surface area contributed by atoms with E-state index in [1.165, 1.54) is 0 Å². The smallest absolute Gasteiger partial charge is 0.158 e. The summed E-state index contributed by atoms with van der Waals surface area (Å²) in [6.45, 7) is 6.97. The molecular weight excluding hydrogens is 266 g/mol. The quantitative estimate of drug-likeness (QED) is 0.559. The van der Waals surface area contributed by atoms with Gasteiger partial charge >= 0.3 is 0 Å². The zero-order valence-corrected chi connectivity index (χ0v) is 12.5. The van der Waals surface area contributed by atoms with Gasteiger partial charge in [0.25, 0.3) is 0 Å². The van der Waals surface area contributed by atoms with E-state index in [9.17, 15) is 0 Å². The average molecular weight is 288 g/mol. The Morgan fingerprint density at radius 3 is 2.84 bits per heavy atom. The number of nitrogens with one attached hydrogen (secondary N) is 1. The van der Waals surface area contributed by atoms with Gasteiger partial charge in [0.2, 0.25) is 0 Å². The van der Waals surface area contributed by atoms with Gasteiger partial charge in [0.1, 0.15) is 17.6 Å². The number of nitrogens with zero attached hydrogens (tertiary/aromatic N) is 2. The van der Waals surface area contributed by atoms with Gasteiger partial charge < -0.3 is 14.8 Å². The van der Waals surface area contributed by atoms with Gasteiger partial charge in [-0.1, -0.05) is 25.4 Å². The third-order valence-corrected chi connectivity index (χ3v) is 2.43. The molecule has 108 valence electrons. The molecule has 5 nitrogen and oxygen atoms in total. The van der Waals surface area contributed by atoms with Crippen molar-refractivity contribution in [1.29, 1.82) is 0 Å². The van der Waals surface area contributed by atoms with Gasteiger partial charge in [0, 0.05) is 32.9 Å². The fourth-order valence-corrected chi connectivity index (χ4v) is 1.66. The van der Waals surface area contributed by atoms with Crippen LogP contribution in [0.15, 0.2) is 6.07 Å². The summed E-state index contributed by atoms with van der Waals surface area (Å²) in [5.41, 5.74) is 0.